The molecule has 7 nitrogen and oxygen atoms in total. The highest BCUT2D eigenvalue weighted by Crippen LogP contribution is 2.15. The summed E-state index contributed by atoms with van der Waals surface area (Å²) in [7, 11) is 0. The molecule has 0 bridgehead atoms. The SMILES string of the molecule is CCCCn1ccc2nc3ccn(-c4ccn[nH]4)c(=O)c3cc2c1=O. The number of aryl methyl sites for hydroxylation is 1. The third-order valence-corrected chi connectivity index (χ3v) is 4.31. The first-order valence-electron chi connectivity index (χ1n) is 8.24. The molecule has 0 spiro atoms. The number of fused-ring (bicyclic) bond motifs is 2. The van der Waals surface area contributed by atoms with Gasteiger partial charge in [0.25, 0.3) is 11.1 Å². The molecule has 4 heterocycles. The lowest BCUT2D eigenvalue weighted by Crippen LogP contribution is -2.21. The quantitative estimate of drug-likeness (QED) is 0.580. The van der Waals surface area contributed by atoms with E-state index in [1.54, 1.807) is 41.4 Å². The summed E-state index contributed by atoms with van der Waals surface area (Å²) in [6.45, 7) is 2.75. The summed E-state index contributed by atoms with van der Waals surface area (Å²) in [6.07, 6.45) is 6.94. The molecule has 4 aromatic rings. The van der Waals surface area contributed by atoms with E-state index in [9.17, 15) is 9.59 Å². The van der Waals surface area contributed by atoms with Gasteiger partial charge in [-0.25, -0.2) is 4.98 Å². The van der Waals surface area contributed by atoms with Crippen LogP contribution in [0.5, 0.6) is 0 Å². The van der Waals surface area contributed by atoms with Gasteiger partial charge in [-0.05, 0) is 24.6 Å². The maximum atomic E-state index is 12.8. The van der Waals surface area contributed by atoms with E-state index in [-0.39, 0.29) is 11.1 Å². The summed E-state index contributed by atoms with van der Waals surface area (Å²) < 4.78 is 3.14. The largest absolute Gasteiger partial charge is 0.315 e. The molecule has 25 heavy (non-hydrogen) atoms. The van der Waals surface area contributed by atoms with E-state index in [4.69, 9.17) is 0 Å². The van der Waals surface area contributed by atoms with Gasteiger partial charge < -0.3 is 4.57 Å². The summed E-state index contributed by atoms with van der Waals surface area (Å²) in [6, 6.07) is 6.95. The van der Waals surface area contributed by atoms with E-state index < -0.39 is 0 Å². The predicted octanol–water partition coefficient (Wildman–Crippen LogP) is 2.22. The molecular weight excluding hydrogens is 318 g/mol. The van der Waals surface area contributed by atoms with E-state index in [1.807, 2.05) is 6.07 Å². The molecule has 0 aromatic carbocycles. The van der Waals surface area contributed by atoms with Crippen molar-refractivity contribution in [1.29, 1.82) is 0 Å². The Balaban J connectivity index is 1.97. The van der Waals surface area contributed by atoms with Crippen molar-refractivity contribution in [1.82, 2.24) is 24.3 Å². The number of hydrogen-bond donors (Lipinski definition) is 1. The van der Waals surface area contributed by atoms with E-state index in [2.05, 4.69) is 22.1 Å². The van der Waals surface area contributed by atoms with E-state index >= 15 is 0 Å². The Bertz CT molecular complexity index is 1170. The molecule has 0 aliphatic rings. The van der Waals surface area contributed by atoms with Crippen molar-refractivity contribution in [2.45, 2.75) is 26.3 Å². The van der Waals surface area contributed by atoms with E-state index in [1.165, 1.54) is 4.57 Å². The summed E-state index contributed by atoms with van der Waals surface area (Å²) in [5, 5.41) is 7.51. The molecule has 0 aliphatic heterocycles. The van der Waals surface area contributed by atoms with Gasteiger partial charge in [0.15, 0.2) is 0 Å². The molecule has 0 radical (unpaired) electrons. The Labute approximate surface area is 142 Å². The number of aromatic nitrogens is 5. The van der Waals surface area contributed by atoms with Gasteiger partial charge in [0.05, 0.1) is 28.0 Å². The van der Waals surface area contributed by atoms with Crippen LogP contribution in [0.15, 0.2) is 52.4 Å². The number of rotatable bonds is 4. The van der Waals surface area contributed by atoms with Gasteiger partial charge >= 0.3 is 0 Å². The topological polar surface area (TPSA) is 85.6 Å². The number of nitrogens with one attached hydrogen (secondary N) is 1. The maximum absolute atomic E-state index is 12.8. The number of pyridine rings is 3. The van der Waals surface area contributed by atoms with Crippen molar-refractivity contribution in [3.8, 4) is 5.82 Å². The van der Waals surface area contributed by atoms with Gasteiger partial charge in [0.2, 0.25) is 0 Å². The van der Waals surface area contributed by atoms with Crippen LogP contribution in [0.1, 0.15) is 19.8 Å². The van der Waals surface area contributed by atoms with Crippen LogP contribution in [-0.4, -0.2) is 24.3 Å². The Morgan fingerprint density at radius 3 is 2.52 bits per heavy atom. The molecule has 0 aliphatic carbocycles. The molecule has 0 amide bonds. The molecule has 0 saturated heterocycles. The lowest BCUT2D eigenvalue weighted by molar-refractivity contribution is 0.617. The number of hydrogen-bond acceptors (Lipinski definition) is 4. The van der Waals surface area contributed by atoms with Gasteiger partial charge in [-0.1, -0.05) is 13.3 Å². The fraction of sp³-hybridized carbons (Fsp3) is 0.222. The number of H-pyrrole nitrogens is 1. The number of unbranched alkanes of at least 4 members (excludes halogenated alkanes) is 1. The van der Waals surface area contributed by atoms with Crippen molar-refractivity contribution in [3.63, 3.8) is 0 Å². The maximum Gasteiger partial charge on any atom is 0.265 e. The average molecular weight is 335 g/mol. The summed E-state index contributed by atoms with van der Waals surface area (Å²) in [5.41, 5.74) is 0.819. The first kappa shape index (κ1) is 15.3. The smallest absolute Gasteiger partial charge is 0.265 e. The van der Waals surface area contributed by atoms with Crippen molar-refractivity contribution < 1.29 is 0 Å². The molecule has 1 N–H and O–H groups in total. The minimum atomic E-state index is -0.237. The molecule has 0 atom stereocenters. The molecular formula is C18H17N5O2. The minimum absolute atomic E-state index is 0.114. The fourth-order valence-electron chi connectivity index (χ4n) is 2.94. The minimum Gasteiger partial charge on any atom is -0.315 e. The Morgan fingerprint density at radius 1 is 1.04 bits per heavy atom. The predicted molar refractivity (Wildman–Crippen MR) is 96.2 cm³/mol. The zero-order valence-electron chi connectivity index (χ0n) is 13.8. The van der Waals surface area contributed by atoms with Crippen LogP contribution < -0.4 is 11.1 Å². The molecule has 126 valence electrons. The lowest BCUT2D eigenvalue weighted by atomic mass is 10.2. The Kier molecular flexibility index (Phi) is 3.68. The molecule has 4 aromatic heterocycles. The van der Waals surface area contributed by atoms with Crippen LogP contribution in [0.4, 0.5) is 0 Å². The second kappa shape index (κ2) is 6.01. The van der Waals surface area contributed by atoms with Gasteiger partial charge in [-0.15, -0.1) is 0 Å². The van der Waals surface area contributed by atoms with Gasteiger partial charge in [-0.3, -0.25) is 19.3 Å². The second-order valence-electron chi connectivity index (χ2n) is 5.95. The number of aromatic amines is 1. The van der Waals surface area contributed by atoms with Crippen LogP contribution in [0.3, 0.4) is 0 Å². The first-order chi connectivity index (χ1) is 12.2. The van der Waals surface area contributed by atoms with Crippen molar-refractivity contribution in [2.24, 2.45) is 0 Å². The van der Waals surface area contributed by atoms with Gasteiger partial charge in [0.1, 0.15) is 5.82 Å². The second-order valence-corrected chi connectivity index (χ2v) is 5.95. The van der Waals surface area contributed by atoms with Crippen LogP contribution in [0.25, 0.3) is 27.6 Å². The van der Waals surface area contributed by atoms with Crippen LogP contribution in [0, 0.1) is 0 Å². The highest BCUT2D eigenvalue weighted by molar-refractivity contribution is 5.91. The molecule has 0 unspecified atom stereocenters. The van der Waals surface area contributed by atoms with Crippen molar-refractivity contribution in [3.05, 3.63) is 63.6 Å². The molecule has 4 rings (SSSR count). The standard InChI is InChI=1S/C18H17N5O2/c1-2-3-8-22-9-5-14-12(17(22)24)11-13-15(20-14)6-10-23(18(13)25)16-4-7-19-21-16/h4-7,9-11H,2-3,8H2,1H3,(H,19,21). The highest BCUT2D eigenvalue weighted by atomic mass is 16.1. The fourth-order valence-corrected chi connectivity index (χ4v) is 2.94. The van der Waals surface area contributed by atoms with E-state index in [0.29, 0.717) is 34.2 Å². The summed E-state index contributed by atoms with van der Waals surface area (Å²) in [5.74, 6) is 0.570. The van der Waals surface area contributed by atoms with Crippen LogP contribution in [0.2, 0.25) is 0 Å². The van der Waals surface area contributed by atoms with Crippen LogP contribution in [-0.2, 0) is 6.54 Å². The van der Waals surface area contributed by atoms with Crippen molar-refractivity contribution in [2.75, 3.05) is 0 Å². The van der Waals surface area contributed by atoms with Crippen molar-refractivity contribution >= 4 is 21.8 Å². The third-order valence-electron chi connectivity index (χ3n) is 4.31. The first-order valence-corrected chi connectivity index (χ1v) is 8.24. The third kappa shape index (κ3) is 2.53. The highest BCUT2D eigenvalue weighted by Gasteiger charge is 2.11. The van der Waals surface area contributed by atoms with Gasteiger partial charge in [-0.2, -0.15) is 5.10 Å². The monoisotopic (exact) mass is 335 g/mol. The lowest BCUT2D eigenvalue weighted by Gasteiger charge is -2.08. The molecule has 7 heteroatoms. The average Bonchev–Trinajstić information content (AvgIpc) is 3.15. The normalized spacial score (nSPS) is 11.4. The Hall–Kier alpha value is -3.22. The Morgan fingerprint density at radius 2 is 1.80 bits per heavy atom. The van der Waals surface area contributed by atoms with Crippen LogP contribution >= 0.6 is 0 Å². The molecule has 0 saturated carbocycles. The zero-order valence-corrected chi connectivity index (χ0v) is 13.8. The number of nitrogens with zero attached hydrogens (tertiary/aromatic N) is 4. The van der Waals surface area contributed by atoms with E-state index in [0.717, 1.165) is 12.8 Å². The zero-order chi connectivity index (χ0) is 17.4. The summed E-state index contributed by atoms with van der Waals surface area (Å²) in [4.78, 5) is 30.0. The van der Waals surface area contributed by atoms with Gasteiger partial charge in [0, 0.05) is 25.0 Å². The molecule has 0 fully saturated rings. The summed E-state index contributed by atoms with van der Waals surface area (Å²) >= 11 is 0.